The van der Waals surface area contributed by atoms with Gasteiger partial charge in [-0.15, -0.1) is 6.58 Å². The molecular weight excluding hydrogens is 576 g/mol. The molecule has 6 rings (SSSR count). The number of hydrogen-bond donors (Lipinski definition) is 2. The van der Waals surface area contributed by atoms with Gasteiger partial charge >= 0.3 is 5.97 Å². The van der Waals surface area contributed by atoms with Crippen LogP contribution in [-0.2, 0) is 0 Å². The molecule has 0 aromatic heterocycles. The molecule has 8 atom stereocenters. The van der Waals surface area contributed by atoms with Gasteiger partial charge in [-0.3, -0.25) is 0 Å². The van der Waals surface area contributed by atoms with Gasteiger partial charge in [-0.05, 0) is 152 Å². The van der Waals surface area contributed by atoms with Crippen LogP contribution < -0.4 is 5.32 Å². The molecular formula is C43H68N2O2. The van der Waals surface area contributed by atoms with Crippen LogP contribution in [-0.4, -0.2) is 48.7 Å². The molecule has 0 bridgehead atoms. The average molecular weight is 645 g/mol. The van der Waals surface area contributed by atoms with Gasteiger partial charge in [-0.1, -0.05) is 79.2 Å². The van der Waals surface area contributed by atoms with E-state index >= 15 is 0 Å². The number of rotatable bonds is 9. The van der Waals surface area contributed by atoms with Crippen molar-refractivity contribution in [1.29, 1.82) is 0 Å². The zero-order chi connectivity index (χ0) is 34.3. The van der Waals surface area contributed by atoms with E-state index in [0.29, 0.717) is 33.1 Å². The normalized spacial score (nSPS) is 38.5. The first-order valence-electron chi connectivity index (χ1n) is 19.3. The van der Waals surface area contributed by atoms with Gasteiger partial charge in [-0.2, -0.15) is 0 Å². The maximum absolute atomic E-state index is 11.5. The Morgan fingerprint density at radius 2 is 1.60 bits per heavy atom. The quantitative estimate of drug-likeness (QED) is 0.207. The number of nitrogens with zero attached hydrogens (tertiary/aromatic N) is 1. The van der Waals surface area contributed by atoms with Gasteiger partial charge in [0, 0.05) is 19.6 Å². The summed E-state index contributed by atoms with van der Waals surface area (Å²) < 4.78 is 0. The second-order valence-corrected chi connectivity index (χ2v) is 17.6. The molecule has 1 aromatic carbocycles. The summed E-state index contributed by atoms with van der Waals surface area (Å²) in [6.45, 7) is 28.8. The Hall–Kier alpha value is -1.91. The van der Waals surface area contributed by atoms with Crippen LogP contribution in [0.5, 0.6) is 0 Å². The first-order valence-corrected chi connectivity index (χ1v) is 19.3. The van der Waals surface area contributed by atoms with Crippen molar-refractivity contribution in [1.82, 2.24) is 10.2 Å². The van der Waals surface area contributed by atoms with Gasteiger partial charge in [0.2, 0.25) is 0 Å². The molecule has 0 saturated heterocycles. The Kier molecular flexibility index (Phi) is 10.7. The van der Waals surface area contributed by atoms with E-state index in [1.807, 2.05) is 19.1 Å². The third-order valence-electron chi connectivity index (χ3n) is 15.5. The highest BCUT2D eigenvalue weighted by Gasteiger charge is 2.69. The highest BCUT2D eigenvalue weighted by molar-refractivity contribution is 5.88. The lowest BCUT2D eigenvalue weighted by atomic mass is 9.32. The molecule has 7 unspecified atom stereocenters. The summed E-state index contributed by atoms with van der Waals surface area (Å²) in [5, 5.41) is 13.4. The van der Waals surface area contributed by atoms with Crippen molar-refractivity contribution in [3.8, 4) is 0 Å². The largest absolute Gasteiger partial charge is 0.478 e. The number of likely N-dealkylation sites (N-methyl/N-ethyl adjacent to an activating group) is 1. The molecule has 4 nitrogen and oxygen atoms in total. The number of benzene rings is 1. The van der Waals surface area contributed by atoms with E-state index in [1.54, 1.807) is 18.2 Å². The molecule has 0 spiro atoms. The second-order valence-electron chi connectivity index (χ2n) is 17.6. The SMILES string of the molecule is C=CC.CCN(CC)CCNCC12CCCC1C1CCC3C4(C)CC=C(c5ccc(C(=O)O)cc5)C(C)(C)C4CCC3(C)[C@]1(C)CC2. The molecule has 0 amide bonds. The van der Waals surface area contributed by atoms with Gasteiger partial charge in [0.25, 0.3) is 0 Å². The van der Waals surface area contributed by atoms with Gasteiger partial charge in [-0.25, -0.2) is 4.79 Å². The van der Waals surface area contributed by atoms with Crippen molar-refractivity contribution in [2.75, 3.05) is 32.7 Å². The second kappa shape index (κ2) is 13.8. The van der Waals surface area contributed by atoms with Gasteiger partial charge < -0.3 is 15.3 Å². The van der Waals surface area contributed by atoms with Crippen molar-refractivity contribution in [2.45, 2.75) is 120 Å². The molecule has 1 aromatic rings. The topological polar surface area (TPSA) is 52.6 Å². The van der Waals surface area contributed by atoms with E-state index in [1.165, 1.54) is 82.0 Å². The molecule has 2 N–H and O–H groups in total. The fourth-order valence-corrected chi connectivity index (χ4v) is 13.0. The number of carbonyl (C=O) groups is 1. The highest BCUT2D eigenvalue weighted by Crippen LogP contribution is 2.77. The zero-order valence-electron chi connectivity index (χ0n) is 31.4. The summed E-state index contributed by atoms with van der Waals surface area (Å²) in [4.78, 5) is 14.0. The Morgan fingerprint density at radius 3 is 2.23 bits per heavy atom. The van der Waals surface area contributed by atoms with Gasteiger partial charge in [0.15, 0.2) is 0 Å². The number of fused-ring (bicyclic) bond motifs is 7. The molecule has 0 radical (unpaired) electrons. The van der Waals surface area contributed by atoms with E-state index in [-0.39, 0.29) is 5.41 Å². The Bertz CT molecular complexity index is 1300. The van der Waals surface area contributed by atoms with Crippen LogP contribution in [0.3, 0.4) is 0 Å². The van der Waals surface area contributed by atoms with E-state index in [0.717, 1.165) is 43.8 Å². The number of nitrogens with one attached hydrogen (secondary N) is 1. The number of carboxylic acids is 1. The van der Waals surface area contributed by atoms with Crippen LogP contribution in [0.4, 0.5) is 0 Å². The summed E-state index contributed by atoms with van der Waals surface area (Å²) >= 11 is 0. The monoisotopic (exact) mass is 645 g/mol. The Balaban J connectivity index is 0.00000139. The molecule has 4 heteroatoms. The summed E-state index contributed by atoms with van der Waals surface area (Å²) in [5.41, 5.74) is 4.76. The number of aromatic carboxylic acids is 1. The average Bonchev–Trinajstić information content (AvgIpc) is 3.46. The lowest BCUT2D eigenvalue weighted by Gasteiger charge is -2.72. The summed E-state index contributed by atoms with van der Waals surface area (Å²) in [7, 11) is 0. The van der Waals surface area contributed by atoms with E-state index < -0.39 is 5.97 Å². The fourth-order valence-electron chi connectivity index (χ4n) is 13.0. The summed E-state index contributed by atoms with van der Waals surface area (Å²) in [6.07, 6.45) is 18.2. The summed E-state index contributed by atoms with van der Waals surface area (Å²) in [5.74, 6) is 2.34. The van der Waals surface area contributed by atoms with E-state index in [9.17, 15) is 9.90 Å². The predicted octanol–water partition coefficient (Wildman–Crippen LogP) is 10.4. The third kappa shape index (κ3) is 6.00. The van der Waals surface area contributed by atoms with Gasteiger partial charge in [0.1, 0.15) is 0 Å². The maximum atomic E-state index is 11.5. The molecule has 0 aliphatic heterocycles. The number of allylic oxidation sites excluding steroid dienone is 3. The van der Waals surface area contributed by atoms with E-state index in [2.05, 4.69) is 71.3 Å². The molecule has 4 saturated carbocycles. The highest BCUT2D eigenvalue weighted by atomic mass is 16.4. The zero-order valence-corrected chi connectivity index (χ0v) is 31.4. The first kappa shape index (κ1) is 36.4. The molecule has 4 fully saturated rings. The van der Waals surface area contributed by atoms with Crippen LogP contribution in [0.15, 0.2) is 43.0 Å². The van der Waals surface area contributed by atoms with Crippen LogP contribution in [0, 0.1) is 50.7 Å². The molecule has 262 valence electrons. The predicted molar refractivity (Wildman–Crippen MR) is 199 cm³/mol. The standard InChI is InChI=1S/C40H62N2O2.C3H6/c1-8-42(9-2)26-25-41-27-40-20-10-11-32(40)31-16-17-34-37(5)21-18-30(28-12-14-29(15-13-28)35(43)44)36(3,4)33(37)19-22-39(34,7)38(31,6)23-24-40;1-3-2/h12-15,18,31-34,41H,8-11,16-17,19-27H2,1-7H3,(H,43,44);3H,1H2,2H3/t31?,32?,33?,34?,37?,38-,39?,40?;/m1./s1. The van der Waals surface area contributed by atoms with Crippen LogP contribution in [0.25, 0.3) is 5.57 Å². The minimum atomic E-state index is -0.846. The fraction of sp³-hybridized carbons (Fsp3) is 0.744. The third-order valence-corrected chi connectivity index (χ3v) is 15.5. The van der Waals surface area contributed by atoms with Crippen molar-refractivity contribution >= 4 is 11.5 Å². The van der Waals surface area contributed by atoms with E-state index in [4.69, 9.17) is 0 Å². The van der Waals surface area contributed by atoms with Gasteiger partial charge in [0.05, 0.1) is 5.56 Å². The van der Waals surface area contributed by atoms with Crippen molar-refractivity contribution < 1.29 is 9.90 Å². The number of hydrogen-bond acceptors (Lipinski definition) is 3. The maximum Gasteiger partial charge on any atom is 0.335 e. The minimum Gasteiger partial charge on any atom is -0.478 e. The number of carboxylic acid groups (broad SMARTS) is 1. The minimum absolute atomic E-state index is 0.0702. The van der Waals surface area contributed by atoms with Crippen molar-refractivity contribution in [2.24, 2.45) is 50.7 Å². The molecule has 0 heterocycles. The Labute approximate surface area is 288 Å². The Morgan fingerprint density at radius 1 is 0.915 bits per heavy atom. The smallest absolute Gasteiger partial charge is 0.335 e. The van der Waals surface area contributed by atoms with Crippen molar-refractivity contribution in [3.05, 3.63) is 54.1 Å². The van der Waals surface area contributed by atoms with Crippen molar-refractivity contribution in [3.63, 3.8) is 0 Å². The lowest BCUT2D eigenvalue weighted by molar-refractivity contribution is -0.222. The van der Waals surface area contributed by atoms with Crippen LogP contribution >= 0.6 is 0 Å². The molecule has 47 heavy (non-hydrogen) atoms. The molecule has 5 aliphatic carbocycles. The summed E-state index contributed by atoms with van der Waals surface area (Å²) in [6, 6.07) is 7.67. The first-order chi connectivity index (χ1) is 22.3. The van der Waals surface area contributed by atoms with Crippen LogP contribution in [0.1, 0.15) is 136 Å². The molecule has 5 aliphatic rings. The van der Waals surface area contributed by atoms with Crippen LogP contribution in [0.2, 0.25) is 0 Å². The lowest BCUT2D eigenvalue weighted by Crippen LogP contribution is -2.65.